The minimum Gasteiger partial charge on any atom is -0.313 e. The van der Waals surface area contributed by atoms with Crippen LogP contribution in [-0.2, 0) is 10.8 Å². The van der Waals surface area contributed by atoms with E-state index in [0.717, 1.165) is 18.7 Å². The van der Waals surface area contributed by atoms with Crippen LogP contribution < -0.4 is 5.32 Å². The summed E-state index contributed by atoms with van der Waals surface area (Å²) >= 11 is 0. The van der Waals surface area contributed by atoms with Crippen LogP contribution in [0.2, 0.25) is 0 Å². The summed E-state index contributed by atoms with van der Waals surface area (Å²) in [7, 11) is -0.660. The largest absolute Gasteiger partial charge is 0.313 e. The fourth-order valence-electron chi connectivity index (χ4n) is 1.24. The summed E-state index contributed by atoms with van der Waals surface area (Å²) in [6.07, 6.45) is 2.89. The molecule has 0 amide bonds. The molecule has 0 aromatic carbocycles. The Bertz CT molecular complexity index is 136. The lowest BCUT2D eigenvalue weighted by Crippen LogP contribution is -2.35. The average Bonchev–Trinajstić information content (AvgIpc) is 1.96. The fourth-order valence-corrected chi connectivity index (χ4v) is 1.64. The van der Waals surface area contributed by atoms with Crippen molar-refractivity contribution in [2.45, 2.75) is 33.2 Å². The molecule has 1 N–H and O–H groups in total. The van der Waals surface area contributed by atoms with E-state index in [9.17, 15) is 4.21 Å². The first kappa shape index (κ1) is 12.1. The fraction of sp³-hybridized carbons (Fsp3) is 1.00. The summed E-state index contributed by atoms with van der Waals surface area (Å²) in [6, 6.07) is 0.577. The molecule has 0 spiro atoms. The van der Waals surface area contributed by atoms with Crippen molar-refractivity contribution in [2.24, 2.45) is 5.92 Å². The molecule has 0 radical (unpaired) electrons. The highest BCUT2D eigenvalue weighted by Gasteiger charge is 2.08. The summed E-state index contributed by atoms with van der Waals surface area (Å²) in [6.45, 7) is 7.48. The van der Waals surface area contributed by atoms with Crippen molar-refractivity contribution in [2.75, 3.05) is 18.6 Å². The lowest BCUT2D eigenvalue weighted by atomic mass is 10.0. The standard InChI is InChI=1S/C9H21NOS/c1-5-9(8(2)3)10-6-7-12(4)11/h8-10H,5-7H2,1-4H3. The maximum atomic E-state index is 10.8. The van der Waals surface area contributed by atoms with Crippen molar-refractivity contribution in [3.05, 3.63) is 0 Å². The van der Waals surface area contributed by atoms with E-state index >= 15 is 0 Å². The van der Waals surface area contributed by atoms with Gasteiger partial charge in [0.15, 0.2) is 0 Å². The topological polar surface area (TPSA) is 29.1 Å². The summed E-state index contributed by atoms with van der Waals surface area (Å²) < 4.78 is 10.8. The van der Waals surface area contributed by atoms with Crippen LogP contribution in [0.5, 0.6) is 0 Å². The predicted molar refractivity (Wildman–Crippen MR) is 55.9 cm³/mol. The van der Waals surface area contributed by atoms with E-state index in [1.54, 1.807) is 6.26 Å². The van der Waals surface area contributed by atoms with Crippen LogP contribution in [0.25, 0.3) is 0 Å². The molecule has 0 aliphatic rings. The van der Waals surface area contributed by atoms with Crippen LogP contribution in [-0.4, -0.2) is 28.8 Å². The lowest BCUT2D eigenvalue weighted by molar-refractivity contribution is 0.398. The van der Waals surface area contributed by atoms with Crippen LogP contribution in [0.1, 0.15) is 27.2 Å². The maximum Gasteiger partial charge on any atom is 0.0357 e. The quantitative estimate of drug-likeness (QED) is 0.687. The zero-order valence-corrected chi connectivity index (χ0v) is 9.41. The molecule has 2 unspecified atom stereocenters. The van der Waals surface area contributed by atoms with Gasteiger partial charge < -0.3 is 5.32 Å². The zero-order valence-electron chi connectivity index (χ0n) is 8.59. The first-order chi connectivity index (χ1) is 5.57. The molecule has 0 saturated carbocycles. The molecule has 0 fully saturated rings. The van der Waals surface area contributed by atoms with Gasteiger partial charge in [-0.2, -0.15) is 0 Å². The molecule has 0 bridgehead atoms. The molecule has 0 aliphatic heterocycles. The molecule has 2 nitrogen and oxygen atoms in total. The van der Waals surface area contributed by atoms with Crippen LogP contribution in [0, 0.1) is 5.92 Å². The molecular weight excluding hydrogens is 170 g/mol. The third kappa shape index (κ3) is 5.72. The summed E-state index contributed by atoms with van der Waals surface area (Å²) in [5, 5.41) is 3.41. The molecule has 0 saturated heterocycles. The Hall–Kier alpha value is 0.110. The Labute approximate surface area is 78.6 Å². The number of nitrogens with one attached hydrogen (secondary N) is 1. The van der Waals surface area contributed by atoms with E-state index in [1.807, 2.05) is 0 Å². The van der Waals surface area contributed by atoms with Crippen molar-refractivity contribution in [3.8, 4) is 0 Å². The van der Waals surface area contributed by atoms with Gasteiger partial charge in [0.25, 0.3) is 0 Å². The average molecular weight is 191 g/mol. The third-order valence-corrected chi connectivity index (χ3v) is 2.82. The van der Waals surface area contributed by atoms with Gasteiger partial charge in [0, 0.05) is 35.4 Å². The summed E-state index contributed by atoms with van der Waals surface area (Å²) in [5.41, 5.74) is 0. The van der Waals surface area contributed by atoms with E-state index in [4.69, 9.17) is 0 Å². The lowest BCUT2D eigenvalue weighted by Gasteiger charge is -2.20. The number of hydrogen-bond acceptors (Lipinski definition) is 2. The van der Waals surface area contributed by atoms with Gasteiger partial charge >= 0.3 is 0 Å². The summed E-state index contributed by atoms with van der Waals surface area (Å²) in [4.78, 5) is 0. The van der Waals surface area contributed by atoms with Crippen LogP contribution in [0.4, 0.5) is 0 Å². The Morgan fingerprint density at radius 3 is 2.33 bits per heavy atom. The summed E-state index contributed by atoms with van der Waals surface area (Å²) in [5.74, 6) is 1.43. The van der Waals surface area contributed by atoms with Crippen molar-refractivity contribution in [1.29, 1.82) is 0 Å². The minimum atomic E-state index is -0.660. The smallest absolute Gasteiger partial charge is 0.0357 e. The molecule has 0 aromatic heterocycles. The highest BCUT2D eigenvalue weighted by Crippen LogP contribution is 2.04. The van der Waals surface area contributed by atoms with Gasteiger partial charge in [-0.1, -0.05) is 20.8 Å². The molecule has 2 atom stereocenters. The third-order valence-electron chi connectivity index (χ3n) is 2.04. The predicted octanol–water partition coefficient (Wildman–Crippen LogP) is 1.39. The first-order valence-electron chi connectivity index (χ1n) is 4.61. The molecule has 0 heterocycles. The van der Waals surface area contributed by atoms with E-state index in [-0.39, 0.29) is 0 Å². The second kappa shape index (κ2) is 6.61. The number of hydrogen-bond donors (Lipinski definition) is 1. The zero-order chi connectivity index (χ0) is 9.56. The van der Waals surface area contributed by atoms with Crippen molar-refractivity contribution in [3.63, 3.8) is 0 Å². The van der Waals surface area contributed by atoms with E-state index in [2.05, 4.69) is 26.1 Å². The second-order valence-corrected chi connectivity index (χ2v) is 5.04. The molecule has 74 valence electrons. The highest BCUT2D eigenvalue weighted by molar-refractivity contribution is 7.84. The van der Waals surface area contributed by atoms with Crippen molar-refractivity contribution >= 4 is 10.8 Å². The Morgan fingerprint density at radius 1 is 1.42 bits per heavy atom. The minimum absolute atomic E-state index is 0.577. The number of rotatable bonds is 6. The Morgan fingerprint density at radius 2 is 2.00 bits per heavy atom. The molecule has 0 rings (SSSR count). The molecular formula is C9H21NOS. The molecule has 0 aromatic rings. The van der Waals surface area contributed by atoms with Gasteiger partial charge in [-0.05, 0) is 12.3 Å². The Kier molecular flexibility index (Phi) is 6.67. The van der Waals surface area contributed by atoms with Crippen LogP contribution in [0.3, 0.4) is 0 Å². The molecule has 12 heavy (non-hydrogen) atoms. The van der Waals surface area contributed by atoms with Crippen molar-refractivity contribution < 1.29 is 4.21 Å². The van der Waals surface area contributed by atoms with Crippen molar-refractivity contribution in [1.82, 2.24) is 5.32 Å². The van der Waals surface area contributed by atoms with E-state index in [1.165, 1.54) is 0 Å². The monoisotopic (exact) mass is 191 g/mol. The van der Waals surface area contributed by atoms with Gasteiger partial charge in [-0.3, -0.25) is 4.21 Å². The van der Waals surface area contributed by atoms with Crippen LogP contribution in [0.15, 0.2) is 0 Å². The van der Waals surface area contributed by atoms with Gasteiger partial charge in [0.05, 0.1) is 0 Å². The van der Waals surface area contributed by atoms with E-state index < -0.39 is 10.8 Å². The highest BCUT2D eigenvalue weighted by atomic mass is 32.2. The van der Waals surface area contributed by atoms with Gasteiger partial charge in [-0.15, -0.1) is 0 Å². The normalized spacial score (nSPS) is 16.4. The van der Waals surface area contributed by atoms with Gasteiger partial charge in [0.1, 0.15) is 0 Å². The molecule has 0 aliphatic carbocycles. The van der Waals surface area contributed by atoms with Gasteiger partial charge in [-0.25, -0.2) is 0 Å². The second-order valence-electron chi connectivity index (χ2n) is 3.49. The van der Waals surface area contributed by atoms with Crippen LogP contribution >= 0.6 is 0 Å². The van der Waals surface area contributed by atoms with E-state index in [0.29, 0.717) is 12.0 Å². The molecule has 3 heteroatoms. The van der Waals surface area contributed by atoms with Gasteiger partial charge in [0.2, 0.25) is 0 Å². The first-order valence-corrected chi connectivity index (χ1v) is 6.34. The SMILES string of the molecule is CCC(NCCS(C)=O)C(C)C. The maximum absolute atomic E-state index is 10.8. The Balaban J connectivity index is 3.51.